The number of aromatic nitrogens is 2. The minimum absolute atomic E-state index is 0.0602. The summed E-state index contributed by atoms with van der Waals surface area (Å²) in [5, 5.41) is 0.604. The van der Waals surface area contributed by atoms with Crippen molar-refractivity contribution in [2.75, 3.05) is 0 Å². The molecule has 0 bridgehead atoms. The largest absolute Gasteiger partial charge is 0.240 e. The number of benzene rings is 1. The molecule has 0 saturated carbocycles. The van der Waals surface area contributed by atoms with Gasteiger partial charge in [0.2, 0.25) is 0 Å². The van der Waals surface area contributed by atoms with Crippen molar-refractivity contribution in [3.05, 3.63) is 47.0 Å². The maximum atomic E-state index is 8.08. The fourth-order valence-electron chi connectivity index (χ4n) is 1.96. The number of nitrogens with zero attached hydrogens (tertiary/aromatic N) is 2. The number of hydrogen-bond donors (Lipinski definition) is 0. The molecule has 1 heterocycles. The Morgan fingerprint density at radius 1 is 1.10 bits per heavy atom. The monoisotopic (exact) mass is 290 g/mol. The summed E-state index contributed by atoms with van der Waals surface area (Å²) in [6.45, 7) is 9.92. The normalized spacial score (nSPS) is 13.2. The molecular weight excluding hydrogens is 268 g/mol. The van der Waals surface area contributed by atoms with Crippen molar-refractivity contribution in [1.29, 1.82) is 0 Å². The molecule has 0 spiro atoms. The molecule has 1 aromatic heterocycles. The Morgan fingerprint density at radius 3 is 2.15 bits per heavy atom. The van der Waals surface area contributed by atoms with Crippen molar-refractivity contribution in [1.82, 2.24) is 9.97 Å². The fourth-order valence-corrected chi connectivity index (χ4v) is 2.33. The van der Waals surface area contributed by atoms with Crippen LogP contribution in [0.1, 0.15) is 53.3 Å². The van der Waals surface area contributed by atoms with Crippen LogP contribution in [0.2, 0.25) is 5.02 Å². The van der Waals surface area contributed by atoms with E-state index in [-0.39, 0.29) is 5.41 Å². The van der Waals surface area contributed by atoms with Crippen molar-refractivity contribution in [2.45, 2.75) is 45.9 Å². The first-order valence-electron chi connectivity index (χ1n) is 7.22. The van der Waals surface area contributed by atoms with Crippen molar-refractivity contribution in [2.24, 2.45) is 0 Å². The molecule has 0 amide bonds. The zero-order chi connectivity index (χ0) is 15.8. The summed E-state index contributed by atoms with van der Waals surface area (Å²) in [7, 11) is 0. The van der Waals surface area contributed by atoms with E-state index in [1.54, 1.807) is 0 Å². The van der Waals surface area contributed by atoms with E-state index < -0.39 is 5.89 Å². The smallest absolute Gasteiger partial charge is 0.133 e. The van der Waals surface area contributed by atoms with Gasteiger partial charge in [-0.1, -0.05) is 58.4 Å². The summed E-state index contributed by atoms with van der Waals surface area (Å²) in [5.41, 5.74) is 2.66. The highest BCUT2D eigenvalue weighted by Gasteiger charge is 2.17. The van der Waals surface area contributed by atoms with Gasteiger partial charge in [0.15, 0.2) is 0 Å². The van der Waals surface area contributed by atoms with Crippen LogP contribution in [-0.4, -0.2) is 9.97 Å². The molecule has 106 valence electrons. The van der Waals surface area contributed by atoms with Crippen LogP contribution in [-0.2, 0) is 5.41 Å². The van der Waals surface area contributed by atoms with Gasteiger partial charge in [-0.15, -0.1) is 0 Å². The lowest BCUT2D eigenvalue weighted by Gasteiger charge is -2.16. The standard InChI is InChI=1S/C17H21ClN2/c1-11(2)14-7-6-12(8-15(14)18)13-9-19-16(20-10-13)17(3,4)5/h6-11H,1-5H3/i11T. The molecule has 0 N–H and O–H groups in total. The minimum atomic E-state index is -0.706. The van der Waals surface area contributed by atoms with Gasteiger partial charge in [0, 0.05) is 29.8 Å². The summed E-state index contributed by atoms with van der Waals surface area (Å²) in [6.07, 6.45) is 3.65. The lowest BCUT2D eigenvalue weighted by molar-refractivity contribution is 0.545. The topological polar surface area (TPSA) is 25.8 Å². The highest BCUT2D eigenvalue weighted by molar-refractivity contribution is 6.31. The first-order valence-corrected chi connectivity index (χ1v) is 7.10. The van der Waals surface area contributed by atoms with Gasteiger partial charge in [0.25, 0.3) is 0 Å². The van der Waals surface area contributed by atoms with Crippen LogP contribution in [0.3, 0.4) is 0 Å². The summed E-state index contributed by atoms with van der Waals surface area (Å²) >= 11 is 6.31. The lowest BCUT2D eigenvalue weighted by atomic mass is 9.95. The first-order chi connectivity index (χ1) is 9.59. The zero-order valence-corrected chi connectivity index (χ0v) is 13.4. The fraction of sp³-hybridized carbons (Fsp3) is 0.412. The first kappa shape index (κ1) is 13.6. The van der Waals surface area contributed by atoms with E-state index in [0.717, 1.165) is 22.5 Å². The molecule has 0 saturated heterocycles. The molecule has 20 heavy (non-hydrogen) atoms. The van der Waals surface area contributed by atoms with E-state index in [1.165, 1.54) is 0 Å². The van der Waals surface area contributed by atoms with E-state index in [0.29, 0.717) is 5.02 Å². The van der Waals surface area contributed by atoms with E-state index >= 15 is 0 Å². The Kier molecular flexibility index (Phi) is 3.75. The Balaban J connectivity index is 2.37. The minimum Gasteiger partial charge on any atom is -0.240 e. The van der Waals surface area contributed by atoms with Crippen LogP contribution >= 0.6 is 11.6 Å². The summed E-state index contributed by atoms with van der Waals surface area (Å²) in [4.78, 5) is 8.87. The van der Waals surface area contributed by atoms with Gasteiger partial charge in [-0.05, 0) is 23.1 Å². The second-order valence-electron chi connectivity index (χ2n) is 6.24. The molecule has 0 fully saturated rings. The predicted octanol–water partition coefficient (Wildman–Crippen LogP) is 5.22. The second-order valence-corrected chi connectivity index (χ2v) is 6.65. The molecular formula is C17H21ClN2. The molecule has 3 heteroatoms. The van der Waals surface area contributed by atoms with Crippen LogP contribution in [0, 0.1) is 0 Å². The van der Waals surface area contributed by atoms with Gasteiger partial charge in [0.05, 0.1) is 0 Å². The number of rotatable bonds is 2. The van der Waals surface area contributed by atoms with Gasteiger partial charge in [-0.3, -0.25) is 0 Å². The quantitative estimate of drug-likeness (QED) is 0.758. The molecule has 2 rings (SSSR count). The third kappa shape index (κ3) is 3.18. The van der Waals surface area contributed by atoms with Crippen LogP contribution in [0.25, 0.3) is 11.1 Å². The highest BCUT2D eigenvalue weighted by Crippen LogP contribution is 2.29. The zero-order valence-electron chi connectivity index (χ0n) is 13.7. The van der Waals surface area contributed by atoms with Crippen LogP contribution in [0.15, 0.2) is 30.6 Å². The highest BCUT2D eigenvalue weighted by atomic mass is 35.5. The van der Waals surface area contributed by atoms with Crippen LogP contribution < -0.4 is 0 Å². The summed E-state index contributed by atoms with van der Waals surface area (Å²) in [6, 6.07) is 5.75. The van der Waals surface area contributed by atoms with Gasteiger partial charge in [0.1, 0.15) is 5.82 Å². The van der Waals surface area contributed by atoms with Crippen LogP contribution in [0.4, 0.5) is 0 Å². The van der Waals surface area contributed by atoms with Gasteiger partial charge in [-0.2, -0.15) is 0 Å². The molecule has 2 aromatic rings. The molecule has 0 aliphatic heterocycles. The Morgan fingerprint density at radius 2 is 1.70 bits per heavy atom. The lowest BCUT2D eigenvalue weighted by Crippen LogP contribution is -2.15. The van der Waals surface area contributed by atoms with Crippen molar-refractivity contribution in [3.63, 3.8) is 0 Å². The molecule has 0 unspecified atom stereocenters. The Labute approximate surface area is 127 Å². The SMILES string of the molecule is [3H]C(C)(C)c1ccc(-c2cnc(C(C)(C)C)nc2)cc1Cl. The maximum Gasteiger partial charge on any atom is 0.133 e. The van der Waals surface area contributed by atoms with Crippen LogP contribution in [0.5, 0.6) is 0 Å². The number of halogens is 1. The Bertz CT molecular complexity index is 637. The van der Waals surface area contributed by atoms with Crippen molar-refractivity contribution < 1.29 is 1.37 Å². The van der Waals surface area contributed by atoms with E-state index in [9.17, 15) is 0 Å². The van der Waals surface area contributed by atoms with Gasteiger partial charge in [-0.25, -0.2) is 9.97 Å². The van der Waals surface area contributed by atoms with E-state index in [1.807, 2.05) is 44.4 Å². The molecule has 0 atom stereocenters. The van der Waals surface area contributed by atoms with E-state index in [4.69, 9.17) is 13.0 Å². The van der Waals surface area contributed by atoms with E-state index in [2.05, 4.69) is 30.7 Å². The third-order valence-electron chi connectivity index (χ3n) is 3.16. The van der Waals surface area contributed by atoms with Crippen molar-refractivity contribution in [3.8, 4) is 11.1 Å². The Hall–Kier alpha value is -1.41. The summed E-state index contributed by atoms with van der Waals surface area (Å²) < 4.78 is 8.08. The maximum absolute atomic E-state index is 8.08. The van der Waals surface area contributed by atoms with Gasteiger partial charge < -0.3 is 0 Å². The third-order valence-corrected chi connectivity index (χ3v) is 3.48. The average Bonchev–Trinajstić information content (AvgIpc) is 2.36. The molecule has 0 radical (unpaired) electrons. The molecule has 0 aliphatic rings. The predicted molar refractivity (Wildman–Crippen MR) is 85.3 cm³/mol. The second kappa shape index (κ2) is 5.53. The molecule has 1 aromatic carbocycles. The van der Waals surface area contributed by atoms with Gasteiger partial charge >= 0.3 is 0 Å². The number of hydrogen-bond acceptors (Lipinski definition) is 2. The average molecular weight is 291 g/mol. The molecule has 0 aliphatic carbocycles. The molecule has 2 nitrogen and oxygen atoms in total. The summed E-state index contributed by atoms with van der Waals surface area (Å²) in [5.74, 6) is 0.114. The van der Waals surface area contributed by atoms with Crippen molar-refractivity contribution >= 4 is 11.6 Å².